The molecule has 0 aromatic carbocycles. The van der Waals surface area contributed by atoms with Gasteiger partial charge in [-0.15, -0.1) is 0 Å². The molecular formula is C12H24ClNO2. The first-order valence-electron chi connectivity index (χ1n) is 5.40. The van der Waals surface area contributed by atoms with E-state index >= 15 is 0 Å². The number of hydrogen-bond acceptors (Lipinski definition) is 2. The van der Waals surface area contributed by atoms with Crippen LogP contribution < -0.4 is 12.4 Å². The van der Waals surface area contributed by atoms with Crippen LogP contribution in [0.3, 0.4) is 0 Å². The fourth-order valence-electron chi connectivity index (χ4n) is 1.37. The van der Waals surface area contributed by atoms with E-state index in [1.54, 1.807) is 0 Å². The minimum atomic E-state index is -0.341. The zero-order valence-corrected chi connectivity index (χ0v) is 11.8. The van der Waals surface area contributed by atoms with Gasteiger partial charge < -0.3 is 21.6 Å². The van der Waals surface area contributed by atoms with Crippen molar-refractivity contribution in [2.24, 2.45) is 0 Å². The average Bonchev–Trinajstić information content (AvgIpc) is 2.15. The number of carbonyl (C=O) groups is 1. The highest BCUT2D eigenvalue weighted by molar-refractivity contribution is 5.81. The molecule has 0 aliphatic rings. The first kappa shape index (κ1) is 17.8. The molecule has 0 radical (unpaired) electrons. The topological polar surface area (TPSA) is 26.3 Å². The minimum absolute atomic E-state index is 0. The number of ether oxygens (including phenoxy) is 1. The standard InChI is InChI=1S/C12H24NO2.ClH/c1-7-11(14)15-10-9-13(6,8-2)12(3,4)5;/h7H,1,8-10H2,2-6H3;1H/q+1;/p-1. The molecule has 0 rings (SSSR count). The highest BCUT2D eigenvalue weighted by Gasteiger charge is 2.34. The Bertz CT molecular complexity index is 236. The quantitative estimate of drug-likeness (QED) is 0.355. The molecule has 0 spiro atoms. The van der Waals surface area contributed by atoms with Gasteiger partial charge in [-0.25, -0.2) is 4.79 Å². The fraction of sp³-hybridized carbons (Fsp3) is 0.750. The van der Waals surface area contributed by atoms with Crippen LogP contribution in [-0.4, -0.2) is 42.7 Å². The molecule has 3 nitrogen and oxygen atoms in total. The Morgan fingerprint density at radius 3 is 2.25 bits per heavy atom. The van der Waals surface area contributed by atoms with Gasteiger partial charge in [0, 0.05) is 6.08 Å². The SMILES string of the molecule is C=CC(=O)OCC[N+](C)(CC)C(C)(C)C.[Cl-]. The molecule has 16 heavy (non-hydrogen) atoms. The van der Waals surface area contributed by atoms with Crippen molar-refractivity contribution in [3.05, 3.63) is 12.7 Å². The van der Waals surface area contributed by atoms with E-state index in [-0.39, 0.29) is 23.9 Å². The van der Waals surface area contributed by atoms with Crippen molar-refractivity contribution in [1.82, 2.24) is 0 Å². The number of hydrogen-bond donors (Lipinski definition) is 0. The molecule has 0 bridgehead atoms. The third kappa shape index (κ3) is 4.99. The first-order valence-corrected chi connectivity index (χ1v) is 5.40. The van der Waals surface area contributed by atoms with Crippen LogP contribution in [-0.2, 0) is 9.53 Å². The summed E-state index contributed by atoms with van der Waals surface area (Å²) in [5.74, 6) is -0.341. The van der Waals surface area contributed by atoms with E-state index in [0.29, 0.717) is 6.61 Å². The molecule has 0 saturated carbocycles. The Kier molecular flexibility index (Phi) is 7.71. The summed E-state index contributed by atoms with van der Waals surface area (Å²) in [6, 6.07) is 0. The Labute approximate surface area is 105 Å². The smallest absolute Gasteiger partial charge is 0.330 e. The summed E-state index contributed by atoms with van der Waals surface area (Å²) in [6.07, 6.45) is 1.20. The van der Waals surface area contributed by atoms with Gasteiger partial charge in [0.25, 0.3) is 0 Å². The van der Waals surface area contributed by atoms with Crippen LogP contribution in [0.5, 0.6) is 0 Å². The number of quaternary nitrogens is 1. The van der Waals surface area contributed by atoms with Crippen LogP contribution in [0.2, 0.25) is 0 Å². The molecule has 4 heteroatoms. The van der Waals surface area contributed by atoms with Gasteiger partial charge >= 0.3 is 5.97 Å². The summed E-state index contributed by atoms with van der Waals surface area (Å²) in [5, 5.41) is 0. The molecule has 1 unspecified atom stereocenters. The molecule has 0 N–H and O–H groups in total. The van der Waals surface area contributed by atoms with Gasteiger partial charge in [0.05, 0.1) is 19.1 Å². The van der Waals surface area contributed by atoms with Gasteiger partial charge in [-0.1, -0.05) is 6.58 Å². The van der Waals surface area contributed by atoms with Gasteiger partial charge in [0.2, 0.25) is 0 Å². The van der Waals surface area contributed by atoms with Crippen molar-refractivity contribution >= 4 is 5.97 Å². The van der Waals surface area contributed by atoms with Gasteiger partial charge in [-0.3, -0.25) is 0 Å². The van der Waals surface area contributed by atoms with E-state index in [9.17, 15) is 4.79 Å². The normalized spacial score (nSPS) is 14.6. The number of rotatable bonds is 5. The van der Waals surface area contributed by atoms with Crippen LogP contribution in [0.25, 0.3) is 0 Å². The van der Waals surface area contributed by atoms with Crippen molar-refractivity contribution in [3.8, 4) is 0 Å². The molecule has 0 saturated heterocycles. The highest BCUT2D eigenvalue weighted by atomic mass is 35.5. The van der Waals surface area contributed by atoms with Crippen molar-refractivity contribution in [1.29, 1.82) is 0 Å². The summed E-state index contributed by atoms with van der Waals surface area (Å²) in [7, 11) is 2.18. The van der Waals surface area contributed by atoms with Crippen molar-refractivity contribution < 1.29 is 26.4 Å². The van der Waals surface area contributed by atoms with Crippen molar-refractivity contribution in [2.75, 3.05) is 26.7 Å². The maximum absolute atomic E-state index is 10.9. The third-order valence-electron chi connectivity index (χ3n) is 3.31. The second-order valence-electron chi connectivity index (χ2n) is 4.98. The molecule has 0 aliphatic carbocycles. The Hall–Kier alpha value is -0.540. The fourth-order valence-corrected chi connectivity index (χ4v) is 1.37. The lowest BCUT2D eigenvalue weighted by Crippen LogP contribution is -3.00. The van der Waals surface area contributed by atoms with Crippen molar-refractivity contribution in [3.63, 3.8) is 0 Å². The molecule has 96 valence electrons. The van der Waals surface area contributed by atoms with E-state index in [1.807, 2.05) is 0 Å². The van der Waals surface area contributed by atoms with Crippen LogP contribution in [0.4, 0.5) is 0 Å². The molecule has 0 heterocycles. The molecular weight excluding hydrogens is 226 g/mol. The van der Waals surface area contributed by atoms with Gasteiger partial charge in [0.15, 0.2) is 0 Å². The molecule has 0 aliphatic heterocycles. The number of nitrogens with zero attached hydrogens (tertiary/aromatic N) is 1. The number of halogens is 1. The zero-order valence-electron chi connectivity index (χ0n) is 11.0. The van der Waals surface area contributed by atoms with E-state index in [4.69, 9.17) is 4.74 Å². The summed E-state index contributed by atoms with van der Waals surface area (Å²) in [6.45, 7) is 14.4. The average molecular weight is 250 g/mol. The summed E-state index contributed by atoms with van der Waals surface area (Å²) >= 11 is 0. The Morgan fingerprint density at radius 2 is 1.94 bits per heavy atom. The minimum Gasteiger partial charge on any atom is -1.00 e. The summed E-state index contributed by atoms with van der Waals surface area (Å²) < 4.78 is 5.90. The Morgan fingerprint density at radius 1 is 1.44 bits per heavy atom. The summed E-state index contributed by atoms with van der Waals surface area (Å²) in [4.78, 5) is 10.9. The second kappa shape index (κ2) is 6.92. The number of likely N-dealkylation sites (N-methyl/N-ethyl adjacent to an activating group) is 1. The van der Waals surface area contributed by atoms with Gasteiger partial charge in [-0.2, -0.15) is 0 Å². The molecule has 0 aromatic heterocycles. The maximum atomic E-state index is 10.9. The van der Waals surface area contributed by atoms with E-state index in [2.05, 4.69) is 41.3 Å². The van der Waals surface area contributed by atoms with E-state index < -0.39 is 0 Å². The highest BCUT2D eigenvalue weighted by Crippen LogP contribution is 2.20. The zero-order chi connectivity index (χ0) is 12.1. The van der Waals surface area contributed by atoms with Crippen LogP contribution in [0.1, 0.15) is 27.7 Å². The molecule has 1 atom stereocenters. The maximum Gasteiger partial charge on any atom is 0.330 e. The number of esters is 1. The summed E-state index contributed by atoms with van der Waals surface area (Å²) in [5.41, 5.74) is 0.162. The lowest BCUT2D eigenvalue weighted by Gasteiger charge is -2.45. The first-order chi connectivity index (χ1) is 6.77. The lowest BCUT2D eigenvalue weighted by atomic mass is 10.0. The predicted molar refractivity (Wildman–Crippen MR) is 62.5 cm³/mol. The van der Waals surface area contributed by atoms with Crippen LogP contribution >= 0.6 is 0 Å². The molecule has 0 amide bonds. The molecule has 0 fully saturated rings. The molecule has 0 aromatic rings. The van der Waals surface area contributed by atoms with Crippen molar-refractivity contribution in [2.45, 2.75) is 33.2 Å². The second-order valence-corrected chi connectivity index (χ2v) is 4.98. The monoisotopic (exact) mass is 249 g/mol. The van der Waals surface area contributed by atoms with Crippen LogP contribution in [0, 0.1) is 0 Å². The van der Waals surface area contributed by atoms with E-state index in [1.165, 1.54) is 6.08 Å². The van der Waals surface area contributed by atoms with Gasteiger partial charge in [0.1, 0.15) is 13.2 Å². The lowest BCUT2D eigenvalue weighted by molar-refractivity contribution is -0.951. The Balaban J connectivity index is 0. The van der Waals surface area contributed by atoms with Crippen LogP contribution in [0.15, 0.2) is 12.7 Å². The van der Waals surface area contributed by atoms with E-state index in [0.717, 1.165) is 17.6 Å². The number of carbonyl (C=O) groups excluding carboxylic acids is 1. The predicted octanol–water partition coefficient (Wildman–Crippen LogP) is -1.02. The van der Waals surface area contributed by atoms with Gasteiger partial charge in [-0.05, 0) is 27.7 Å². The third-order valence-corrected chi connectivity index (χ3v) is 3.31. The largest absolute Gasteiger partial charge is 1.00 e.